The second-order valence-electron chi connectivity index (χ2n) is 8.46. The van der Waals surface area contributed by atoms with E-state index >= 15 is 0 Å². The summed E-state index contributed by atoms with van der Waals surface area (Å²) in [5.41, 5.74) is -0.801. The quantitative estimate of drug-likeness (QED) is 0.284. The van der Waals surface area contributed by atoms with Crippen molar-refractivity contribution < 1.29 is 47.9 Å². The Hall–Kier alpha value is -1.62. The van der Waals surface area contributed by atoms with Crippen LogP contribution in [-0.2, 0) is 33.2 Å². The normalized spacial score (nSPS) is 12.9. The van der Waals surface area contributed by atoms with Crippen molar-refractivity contribution in [2.45, 2.75) is 40.7 Å². The fraction of sp³-hybridized carbons (Fsp3) is 0.900. The lowest BCUT2D eigenvalue weighted by Gasteiger charge is -2.27. The van der Waals surface area contributed by atoms with Crippen molar-refractivity contribution in [2.75, 3.05) is 66.6 Å². The Balaban J connectivity index is 4.01. The first-order valence-electron chi connectivity index (χ1n) is 9.89. The first-order chi connectivity index (χ1) is 14.0. The van der Waals surface area contributed by atoms with E-state index in [4.69, 9.17) is 33.5 Å². The molecule has 0 aromatic rings. The highest BCUT2D eigenvalue weighted by Gasteiger charge is 2.24. The number of carbonyl (C=O) groups excluding carboxylic acids is 2. The molecule has 178 valence electrons. The van der Waals surface area contributed by atoms with Crippen molar-refractivity contribution in [3.8, 4) is 0 Å². The summed E-state index contributed by atoms with van der Waals surface area (Å²) in [5.74, 6) is 0. The highest BCUT2D eigenvalue weighted by molar-refractivity contribution is 5.60. The number of ether oxygens (including phenoxy) is 7. The van der Waals surface area contributed by atoms with E-state index < -0.39 is 23.1 Å². The summed E-state index contributed by atoms with van der Waals surface area (Å²) >= 11 is 0. The van der Waals surface area contributed by atoms with Gasteiger partial charge >= 0.3 is 12.3 Å². The Kier molecular flexibility index (Phi) is 14.4. The average molecular weight is 439 g/mol. The molecule has 0 saturated heterocycles. The molecular weight excluding hydrogens is 400 g/mol. The smallest absolute Gasteiger partial charge is 0.434 e. The van der Waals surface area contributed by atoms with Gasteiger partial charge in [0.15, 0.2) is 0 Å². The van der Waals surface area contributed by atoms with E-state index in [1.807, 2.05) is 34.6 Å². The summed E-state index contributed by atoms with van der Waals surface area (Å²) in [6, 6.07) is 0. The lowest BCUT2D eigenvalue weighted by Crippen LogP contribution is -2.32. The van der Waals surface area contributed by atoms with E-state index in [9.17, 15) is 9.59 Å². The number of carbonyl (C=O) groups is 2. The van der Waals surface area contributed by atoms with E-state index in [0.717, 1.165) is 0 Å². The first-order valence-corrected chi connectivity index (χ1v) is 9.89. The van der Waals surface area contributed by atoms with Gasteiger partial charge in [-0.25, -0.2) is 9.59 Å². The Morgan fingerprint density at radius 3 is 1.87 bits per heavy atom. The Morgan fingerprint density at radius 2 is 1.33 bits per heavy atom. The van der Waals surface area contributed by atoms with Crippen molar-refractivity contribution in [1.29, 1.82) is 0 Å². The number of aliphatic hydroxyl groups excluding tert-OH is 1. The molecule has 0 fully saturated rings. The van der Waals surface area contributed by atoms with Crippen molar-refractivity contribution in [3.63, 3.8) is 0 Å². The molecule has 0 aromatic carbocycles. The summed E-state index contributed by atoms with van der Waals surface area (Å²) in [6.07, 6.45) is -1.73. The van der Waals surface area contributed by atoms with Gasteiger partial charge in [0, 0.05) is 17.9 Å². The molecule has 10 nitrogen and oxygen atoms in total. The topological polar surface area (TPSA) is 119 Å². The highest BCUT2D eigenvalue weighted by Crippen LogP contribution is 2.19. The second kappa shape index (κ2) is 15.2. The summed E-state index contributed by atoms with van der Waals surface area (Å²) in [7, 11) is 1.52. The van der Waals surface area contributed by atoms with Gasteiger partial charge in [-0.05, 0) is 6.92 Å². The zero-order chi connectivity index (χ0) is 23.0. The van der Waals surface area contributed by atoms with Crippen LogP contribution in [0.15, 0.2) is 0 Å². The third kappa shape index (κ3) is 16.2. The van der Waals surface area contributed by atoms with Crippen LogP contribution in [0.25, 0.3) is 0 Å². The maximum atomic E-state index is 11.5. The van der Waals surface area contributed by atoms with Gasteiger partial charge in [0.05, 0.1) is 39.1 Å². The summed E-state index contributed by atoms with van der Waals surface area (Å²) < 4.78 is 35.8. The minimum absolute atomic E-state index is 0.0962. The second-order valence-corrected chi connectivity index (χ2v) is 8.46. The summed E-state index contributed by atoms with van der Waals surface area (Å²) in [4.78, 5) is 22.8. The Labute approximate surface area is 179 Å². The molecule has 0 aliphatic rings. The number of rotatable bonds is 16. The molecule has 0 spiro atoms. The van der Waals surface area contributed by atoms with E-state index in [1.54, 1.807) is 0 Å². The van der Waals surface area contributed by atoms with Gasteiger partial charge in [0.1, 0.15) is 26.4 Å². The lowest BCUT2D eigenvalue weighted by atomic mass is 9.96. The number of methoxy groups -OCH3 is 1. The zero-order valence-corrected chi connectivity index (χ0v) is 19.1. The lowest BCUT2D eigenvalue weighted by molar-refractivity contribution is -0.0698. The SMILES string of the molecule is COCCOC(=O)OCC(C)(C)COC(C)COCC(C)(C)COC(=O)OCCO. The molecule has 0 radical (unpaired) electrons. The third-order valence-corrected chi connectivity index (χ3v) is 3.58. The molecule has 1 unspecified atom stereocenters. The van der Waals surface area contributed by atoms with Crippen LogP contribution in [0.1, 0.15) is 34.6 Å². The number of hydrogen-bond donors (Lipinski definition) is 1. The molecule has 0 heterocycles. The van der Waals surface area contributed by atoms with Gasteiger partial charge in [0.2, 0.25) is 0 Å². The molecule has 0 aromatic heterocycles. The molecule has 0 amide bonds. The van der Waals surface area contributed by atoms with Gasteiger partial charge in [-0.1, -0.05) is 27.7 Å². The highest BCUT2D eigenvalue weighted by atomic mass is 16.7. The van der Waals surface area contributed by atoms with Gasteiger partial charge in [-0.15, -0.1) is 0 Å². The third-order valence-electron chi connectivity index (χ3n) is 3.58. The summed E-state index contributed by atoms with van der Waals surface area (Å²) in [6.45, 7) is 11.0. The Morgan fingerprint density at radius 1 is 0.800 bits per heavy atom. The standard InChI is InChI=1S/C20H38O10/c1-16(11-25-12-19(2,3)14-29-17(22)26-8-7-21)28-13-20(4,5)15-30-18(23)27-10-9-24-6/h16,21H,7-15H2,1-6H3. The molecule has 0 rings (SSSR count). The van der Waals surface area contributed by atoms with Crippen LogP contribution in [0.5, 0.6) is 0 Å². The van der Waals surface area contributed by atoms with Gasteiger partial charge < -0.3 is 38.3 Å². The van der Waals surface area contributed by atoms with Crippen molar-refractivity contribution >= 4 is 12.3 Å². The van der Waals surface area contributed by atoms with Crippen LogP contribution < -0.4 is 0 Å². The van der Waals surface area contributed by atoms with Crippen LogP contribution in [0.2, 0.25) is 0 Å². The monoisotopic (exact) mass is 438 g/mol. The maximum absolute atomic E-state index is 11.5. The largest absolute Gasteiger partial charge is 0.508 e. The zero-order valence-electron chi connectivity index (χ0n) is 19.1. The predicted molar refractivity (Wildman–Crippen MR) is 107 cm³/mol. The van der Waals surface area contributed by atoms with E-state index in [2.05, 4.69) is 4.74 Å². The fourth-order valence-electron chi connectivity index (χ4n) is 1.93. The van der Waals surface area contributed by atoms with Crippen LogP contribution in [0.4, 0.5) is 9.59 Å². The molecule has 0 aliphatic heterocycles. The van der Waals surface area contributed by atoms with Crippen LogP contribution >= 0.6 is 0 Å². The fourth-order valence-corrected chi connectivity index (χ4v) is 1.93. The van der Waals surface area contributed by atoms with Crippen molar-refractivity contribution in [1.82, 2.24) is 0 Å². The molecule has 10 heteroatoms. The maximum Gasteiger partial charge on any atom is 0.508 e. The minimum Gasteiger partial charge on any atom is -0.434 e. The molecule has 1 atom stereocenters. The van der Waals surface area contributed by atoms with Crippen molar-refractivity contribution in [3.05, 3.63) is 0 Å². The Bertz CT molecular complexity index is 478. The molecule has 0 saturated carbocycles. The molecule has 0 bridgehead atoms. The first kappa shape index (κ1) is 28.4. The minimum atomic E-state index is -0.819. The van der Waals surface area contributed by atoms with E-state index in [0.29, 0.717) is 26.4 Å². The number of aliphatic hydroxyl groups is 1. The number of hydrogen-bond acceptors (Lipinski definition) is 10. The average Bonchev–Trinajstić information content (AvgIpc) is 2.68. The molecule has 0 aliphatic carbocycles. The molecule has 30 heavy (non-hydrogen) atoms. The van der Waals surface area contributed by atoms with Crippen LogP contribution in [-0.4, -0.2) is 90.1 Å². The van der Waals surface area contributed by atoms with E-state index in [1.165, 1.54) is 7.11 Å². The van der Waals surface area contributed by atoms with E-state index in [-0.39, 0.29) is 39.1 Å². The van der Waals surface area contributed by atoms with Crippen molar-refractivity contribution in [2.24, 2.45) is 10.8 Å². The van der Waals surface area contributed by atoms with Gasteiger partial charge in [-0.3, -0.25) is 0 Å². The van der Waals surface area contributed by atoms with Gasteiger partial charge in [-0.2, -0.15) is 0 Å². The van der Waals surface area contributed by atoms with Gasteiger partial charge in [0.25, 0.3) is 0 Å². The predicted octanol–water partition coefficient (Wildman–Crippen LogP) is 2.41. The summed E-state index contributed by atoms with van der Waals surface area (Å²) in [5, 5.41) is 8.60. The van der Waals surface area contributed by atoms with Crippen LogP contribution in [0, 0.1) is 10.8 Å². The molecule has 1 N–H and O–H groups in total. The molecular formula is C20H38O10. The van der Waals surface area contributed by atoms with Crippen LogP contribution in [0.3, 0.4) is 0 Å².